The third-order valence-electron chi connectivity index (χ3n) is 3.22. The molecule has 2 rings (SSSR count). The summed E-state index contributed by atoms with van der Waals surface area (Å²) in [5.41, 5.74) is 1.16. The summed E-state index contributed by atoms with van der Waals surface area (Å²) >= 11 is 5.98. The molecule has 16 heavy (non-hydrogen) atoms. The minimum Gasteiger partial charge on any atom is -0.508 e. The smallest absolute Gasteiger partial charge is 0.115 e. The Bertz CT molecular complexity index is 342. The Labute approximate surface area is 102 Å². The standard InChI is InChI=1S/C13H18ClNO/c14-9-12-5-1-2-7-15(12)10-11-4-3-6-13(16)8-11/h3-4,6,8,12,16H,1-2,5,7,9-10H2. The van der Waals surface area contributed by atoms with Crippen molar-refractivity contribution >= 4 is 11.6 Å². The second-order valence-electron chi connectivity index (χ2n) is 4.44. The zero-order valence-corrected chi connectivity index (χ0v) is 10.2. The molecular weight excluding hydrogens is 222 g/mol. The molecule has 0 aliphatic carbocycles. The monoisotopic (exact) mass is 239 g/mol. The summed E-state index contributed by atoms with van der Waals surface area (Å²) in [6.45, 7) is 2.01. The molecule has 1 fully saturated rings. The predicted octanol–water partition coefficient (Wildman–Crippen LogP) is 2.99. The third-order valence-corrected chi connectivity index (χ3v) is 3.58. The van der Waals surface area contributed by atoms with E-state index in [0.717, 1.165) is 18.7 Å². The van der Waals surface area contributed by atoms with Gasteiger partial charge in [0.15, 0.2) is 0 Å². The SMILES string of the molecule is Oc1cccc(CN2CCCCC2CCl)c1. The van der Waals surface area contributed by atoms with Gasteiger partial charge in [-0.3, -0.25) is 4.90 Å². The summed E-state index contributed by atoms with van der Waals surface area (Å²) in [4.78, 5) is 2.42. The first kappa shape index (κ1) is 11.7. The van der Waals surface area contributed by atoms with Crippen molar-refractivity contribution < 1.29 is 5.11 Å². The molecule has 1 aromatic rings. The van der Waals surface area contributed by atoms with E-state index in [2.05, 4.69) is 11.0 Å². The first-order chi connectivity index (χ1) is 7.79. The van der Waals surface area contributed by atoms with Crippen molar-refractivity contribution in [2.24, 2.45) is 0 Å². The fourth-order valence-electron chi connectivity index (χ4n) is 2.33. The molecule has 0 spiro atoms. The highest BCUT2D eigenvalue weighted by atomic mass is 35.5. The van der Waals surface area contributed by atoms with Gasteiger partial charge in [-0.2, -0.15) is 0 Å². The second-order valence-corrected chi connectivity index (χ2v) is 4.75. The van der Waals surface area contributed by atoms with Crippen LogP contribution in [0.3, 0.4) is 0 Å². The first-order valence-corrected chi connectivity index (χ1v) is 6.41. The fraction of sp³-hybridized carbons (Fsp3) is 0.538. The van der Waals surface area contributed by atoms with Gasteiger partial charge in [0.25, 0.3) is 0 Å². The van der Waals surface area contributed by atoms with Crippen molar-refractivity contribution in [3.63, 3.8) is 0 Å². The van der Waals surface area contributed by atoms with Crippen LogP contribution in [0, 0.1) is 0 Å². The summed E-state index contributed by atoms with van der Waals surface area (Å²) in [5.74, 6) is 1.05. The van der Waals surface area contributed by atoms with Crippen LogP contribution in [0.5, 0.6) is 5.75 Å². The van der Waals surface area contributed by atoms with E-state index in [9.17, 15) is 5.11 Å². The van der Waals surface area contributed by atoms with Crippen molar-refractivity contribution in [3.8, 4) is 5.75 Å². The van der Waals surface area contributed by atoms with Crippen LogP contribution in [0.1, 0.15) is 24.8 Å². The van der Waals surface area contributed by atoms with E-state index < -0.39 is 0 Å². The van der Waals surface area contributed by atoms with Gasteiger partial charge in [-0.15, -0.1) is 11.6 Å². The molecular formula is C13H18ClNO. The van der Waals surface area contributed by atoms with E-state index in [1.165, 1.54) is 19.3 Å². The maximum Gasteiger partial charge on any atom is 0.115 e. The van der Waals surface area contributed by atoms with Crippen molar-refractivity contribution in [3.05, 3.63) is 29.8 Å². The number of hydrogen-bond acceptors (Lipinski definition) is 2. The summed E-state index contributed by atoms with van der Waals surface area (Å²) in [6, 6.07) is 7.99. The Hall–Kier alpha value is -0.730. The van der Waals surface area contributed by atoms with Crippen LogP contribution in [0.15, 0.2) is 24.3 Å². The summed E-state index contributed by atoms with van der Waals surface area (Å²) in [7, 11) is 0. The number of piperidine rings is 1. The molecule has 1 saturated heterocycles. The zero-order valence-electron chi connectivity index (χ0n) is 9.40. The average molecular weight is 240 g/mol. The largest absolute Gasteiger partial charge is 0.508 e. The van der Waals surface area contributed by atoms with E-state index in [4.69, 9.17) is 11.6 Å². The lowest BCUT2D eigenvalue weighted by molar-refractivity contribution is 0.155. The highest BCUT2D eigenvalue weighted by Gasteiger charge is 2.21. The van der Waals surface area contributed by atoms with Gasteiger partial charge >= 0.3 is 0 Å². The number of halogens is 1. The quantitative estimate of drug-likeness (QED) is 0.820. The molecule has 0 radical (unpaired) electrons. The van der Waals surface area contributed by atoms with Crippen molar-refractivity contribution in [2.45, 2.75) is 31.8 Å². The molecule has 1 N–H and O–H groups in total. The molecule has 1 unspecified atom stereocenters. The summed E-state index contributed by atoms with van der Waals surface area (Å²) < 4.78 is 0. The lowest BCUT2D eigenvalue weighted by Crippen LogP contribution is -2.40. The lowest BCUT2D eigenvalue weighted by atomic mass is 10.0. The Morgan fingerprint density at radius 1 is 1.38 bits per heavy atom. The van der Waals surface area contributed by atoms with Gasteiger partial charge in [0.05, 0.1) is 0 Å². The van der Waals surface area contributed by atoms with Crippen LogP contribution in [0.4, 0.5) is 0 Å². The number of alkyl halides is 1. The molecule has 2 nitrogen and oxygen atoms in total. The van der Waals surface area contributed by atoms with Crippen molar-refractivity contribution in [1.82, 2.24) is 4.90 Å². The maximum absolute atomic E-state index is 9.42. The van der Waals surface area contributed by atoms with Crippen LogP contribution in [0.25, 0.3) is 0 Å². The second kappa shape index (κ2) is 5.55. The number of benzene rings is 1. The number of rotatable bonds is 3. The van der Waals surface area contributed by atoms with E-state index in [1.54, 1.807) is 6.07 Å². The van der Waals surface area contributed by atoms with Gasteiger partial charge in [-0.25, -0.2) is 0 Å². The van der Waals surface area contributed by atoms with Gasteiger partial charge in [-0.05, 0) is 37.1 Å². The van der Waals surface area contributed by atoms with Crippen LogP contribution >= 0.6 is 11.6 Å². The molecule has 0 amide bonds. The molecule has 0 saturated carbocycles. The third kappa shape index (κ3) is 2.89. The maximum atomic E-state index is 9.42. The molecule has 0 bridgehead atoms. The normalized spacial score (nSPS) is 22.2. The van der Waals surface area contributed by atoms with Crippen LogP contribution < -0.4 is 0 Å². The Kier molecular flexibility index (Phi) is 4.08. The minimum absolute atomic E-state index is 0.344. The van der Waals surface area contributed by atoms with Crippen molar-refractivity contribution in [1.29, 1.82) is 0 Å². The predicted molar refractivity (Wildman–Crippen MR) is 66.9 cm³/mol. The van der Waals surface area contributed by atoms with E-state index in [1.807, 2.05) is 12.1 Å². The summed E-state index contributed by atoms with van der Waals surface area (Å²) in [5, 5.41) is 9.42. The molecule has 0 aromatic heterocycles. The van der Waals surface area contributed by atoms with Gasteiger partial charge in [0.1, 0.15) is 5.75 Å². The van der Waals surface area contributed by atoms with Gasteiger partial charge in [0.2, 0.25) is 0 Å². The fourth-order valence-corrected chi connectivity index (χ4v) is 2.68. The van der Waals surface area contributed by atoms with Gasteiger partial charge in [0, 0.05) is 18.5 Å². The number of phenolic OH excluding ortho intramolecular Hbond substituents is 1. The number of aromatic hydroxyl groups is 1. The molecule has 88 valence electrons. The van der Waals surface area contributed by atoms with E-state index >= 15 is 0 Å². The first-order valence-electron chi connectivity index (χ1n) is 5.87. The topological polar surface area (TPSA) is 23.5 Å². The van der Waals surface area contributed by atoms with E-state index in [0.29, 0.717) is 17.7 Å². The number of phenols is 1. The minimum atomic E-state index is 0.344. The molecule has 1 heterocycles. The lowest BCUT2D eigenvalue weighted by Gasteiger charge is -2.34. The highest BCUT2D eigenvalue weighted by Crippen LogP contribution is 2.21. The van der Waals surface area contributed by atoms with Crippen LogP contribution in [-0.4, -0.2) is 28.5 Å². The molecule has 3 heteroatoms. The van der Waals surface area contributed by atoms with Gasteiger partial charge in [-0.1, -0.05) is 18.6 Å². The zero-order chi connectivity index (χ0) is 11.4. The molecule has 1 aliphatic heterocycles. The van der Waals surface area contributed by atoms with Gasteiger partial charge < -0.3 is 5.11 Å². The number of likely N-dealkylation sites (tertiary alicyclic amines) is 1. The molecule has 1 atom stereocenters. The molecule has 1 aromatic carbocycles. The Morgan fingerprint density at radius 3 is 3.00 bits per heavy atom. The number of nitrogens with zero attached hydrogens (tertiary/aromatic N) is 1. The average Bonchev–Trinajstić information content (AvgIpc) is 2.30. The van der Waals surface area contributed by atoms with E-state index in [-0.39, 0.29) is 0 Å². The Balaban J connectivity index is 2.02. The highest BCUT2D eigenvalue weighted by molar-refractivity contribution is 6.18. The van der Waals surface area contributed by atoms with Crippen molar-refractivity contribution in [2.75, 3.05) is 12.4 Å². The number of hydrogen-bond donors (Lipinski definition) is 1. The summed E-state index contributed by atoms with van der Waals surface area (Å²) in [6.07, 6.45) is 3.74. The Morgan fingerprint density at radius 2 is 2.25 bits per heavy atom. The molecule has 1 aliphatic rings. The van der Waals surface area contributed by atoms with Crippen LogP contribution in [-0.2, 0) is 6.54 Å². The van der Waals surface area contributed by atoms with Crippen LogP contribution in [0.2, 0.25) is 0 Å².